The molecule has 0 aromatic heterocycles. The molecule has 0 aliphatic rings. The highest BCUT2D eigenvalue weighted by Crippen LogP contribution is 2.25. The monoisotopic (exact) mass is 296 g/mol. The van der Waals surface area contributed by atoms with Crippen LogP contribution >= 0.6 is 0 Å². The average molecular weight is 296 g/mol. The number of amides is 1. The second-order valence-corrected chi connectivity index (χ2v) is 4.77. The van der Waals surface area contributed by atoms with Crippen LogP contribution in [0.15, 0.2) is 18.2 Å². The molecule has 0 saturated heterocycles. The van der Waals surface area contributed by atoms with Crippen LogP contribution in [0.2, 0.25) is 0 Å². The number of rotatable bonds is 7. The van der Waals surface area contributed by atoms with Crippen molar-refractivity contribution in [1.29, 1.82) is 0 Å². The third-order valence-electron chi connectivity index (χ3n) is 3.24. The standard InChI is InChI=1S/C14H20N2O5/c1-2-9(7-15)13(19)16-10(14(20)21)5-8-3-4-11(17)12(18)6-8/h3-4,6,9-10,17-18H,2,5,7,15H2,1H3,(H,16,19)(H,20,21)/t9?,10-/m0/s1. The minimum Gasteiger partial charge on any atom is -0.504 e. The summed E-state index contributed by atoms with van der Waals surface area (Å²) < 4.78 is 0. The highest BCUT2D eigenvalue weighted by atomic mass is 16.4. The van der Waals surface area contributed by atoms with Gasteiger partial charge in [0.15, 0.2) is 11.5 Å². The molecule has 6 N–H and O–H groups in total. The van der Waals surface area contributed by atoms with E-state index in [0.717, 1.165) is 0 Å². The minimum absolute atomic E-state index is 0.00405. The first-order valence-electron chi connectivity index (χ1n) is 6.63. The van der Waals surface area contributed by atoms with E-state index in [-0.39, 0.29) is 24.5 Å². The smallest absolute Gasteiger partial charge is 0.326 e. The Morgan fingerprint density at radius 1 is 1.29 bits per heavy atom. The number of hydrogen-bond donors (Lipinski definition) is 5. The van der Waals surface area contributed by atoms with Gasteiger partial charge in [-0.2, -0.15) is 0 Å². The van der Waals surface area contributed by atoms with Gasteiger partial charge in [0.05, 0.1) is 0 Å². The number of benzene rings is 1. The van der Waals surface area contributed by atoms with Gasteiger partial charge in [-0.1, -0.05) is 13.0 Å². The van der Waals surface area contributed by atoms with Crippen LogP contribution in [-0.2, 0) is 16.0 Å². The van der Waals surface area contributed by atoms with E-state index >= 15 is 0 Å². The van der Waals surface area contributed by atoms with E-state index in [0.29, 0.717) is 12.0 Å². The first-order chi connectivity index (χ1) is 9.88. The summed E-state index contributed by atoms with van der Waals surface area (Å²) >= 11 is 0. The topological polar surface area (TPSA) is 133 Å². The van der Waals surface area contributed by atoms with Crippen molar-refractivity contribution in [3.05, 3.63) is 23.8 Å². The molecule has 0 fully saturated rings. The van der Waals surface area contributed by atoms with Crippen molar-refractivity contribution in [3.63, 3.8) is 0 Å². The van der Waals surface area contributed by atoms with E-state index in [1.165, 1.54) is 18.2 Å². The first-order valence-corrected chi connectivity index (χ1v) is 6.63. The third kappa shape index (κ3) is 4.64. The number of carbonyl (C=O) groups excluding carboxylic acids is 1. The van der Waals surface area contributed by atoms with E-state index in [2.05, 4.69) is 5.32 Å². The molecule has 1 rings (SSSR count). The molecule has 0 radical (unpaired) electrons. The Kier molecular flexibility index (Phi) is 5.98. The van der Waals surface area contributed by atoms with Crippen molar-refractivity contribution in [1.82, 2.24) is 5.32 Å². The van der Waals surface area contributed by atoms with Gasteiger partial charge < -0.3 is 26.4 Å². The normalized spacial score (nSPS) is 13.4. The second-order valence-electron chi connectivity index (χ2n) is 4.77. The number of carboxylic acids is 1. The van der Waals surface area contributed by atoms with Gasteiger partial charge in [0, 0.05) is 18.9 Å². The predicted molar refractivity (Wildman–Crippen MR) is 75.9 cm³/mol. The molecule has 1 aromatic rings. The fourth-order valence-corrected chi connectivity index (χ4v) is 1.88. The van der Waals surface area contributed by atoms with Crippen LogP contribution in [0.4, 0.5) is 0 Å². The maximum absolute atomic E-state index is 11.9. The Hall–Kier alpha value is -2.28. The van der Waals surface area contributed by atoms with Gasteiger partial charge in [-0.05, 0) is 24.1 Å². The van der Waals surface area contributed by atoms with E-state index in [1.807, 2.05) is 0 Å². The van der Waals surface area contributed by atoms with Crippen LogP contribution in [0.3, 0.4) is 0 Å². The van der Waals surface area contributed by atoms with Crippen LogP contribution in [-0.4, -0.2) is 39.8 Å². The van der Waals surface area contributed by atoms with Gasteiger partial charge in [0.25, 0.3) is 0 Å². The van der Waals surface area contributed by atoms with Gasteiger partial charge in [-0.25, -0.2) is 4.79 Å². The lowest BCUT2D eigenvalue weighted by molar-refractivity contribution is -0.142. The second kappa shape index (κ2) is 7.49. The molecular weight excluding hydrogens is 276 g/mol. The molecule has 0 heterocycles. The van der Waals surface area contributed by atoms with Gasteiger partial charge in [0.2, 0.25) is 5.91 Å². The summed E-state index contributed by atoms with van der Waals surface area (Å²) in [7, 11) is 0. The minimum atomic E-state index is -1.18. The molecule has 7 nitrogen and oxygen atoms in total. The lowest BCUT2D eigenvalue weighted by Crippen LogP contribution is -2.46. The predicted octanol–water partition coefficient (Wildman–Crippen LogP) is 0.195. The molecular formula is C14H20N2O5. The Morgan fingerprint density at radius 3 is 2.43 bits per heavy atom. The van der Waals surface area contributed by atoms with E-state index in [9.17, 15) is 24.9 Å². The van der Waals surface area contributed by atoms with Crippen molar-refractivity contribution in [3.8, 4) is 11.5 Å². The maximum atomic E-state index is 11.9. The van der Waals surface area contributed by atoms with Gasteiger partial charge in [-0.3, -0.25) is 4.79 Å². The van der Waals surface area contributed by atoms with Crippen molar-refractivity contribution in [2.24, 2.45) is 11.7 Å². The lowest BCUT2D eigenvalue weighted by atomic mass is 10.0. The van der Waals surface area contributed by atoms with Gasteiger partial charge in [-0.15, -0.1) is 0 Å². The highest BCUT2D eigenvalue weighted by molar-refractivity contribution is 5.85. The number of carboxylic acid groups (broad SMARTS) is 1. The van der Waals surface area contributed by atoms with Crippen LogP contribution in [0.25, 0.3) is 0 Å². The SMILES string of the molecule is CCC(CN)C(=O)N[C@@H](Cc1ccc(O)c(O)c1)C(=O)O. The molecule has 0 aliphatic carbocycles. The number of nitrogens with two attached hydrogens (primary N) is 1. The number of nitrogens with one attached hydrogen (secondary N) is 1. The molecule has 2 atom stereocenters. The maximum Gasteiger partial charge on any atom is 0.326 e. The molecule has 1 amide bonds. The third-order valence-corrected chi connectivity index (χ3v) is 3.24. The molecule has 1 unspecified atom stereocenters. The fraction of sp³-hybridized carbons (Fsp3) is 0.429. The zero-order chi connectivity index (χ0) is 16.0. The van der Waals surface area contributed by atoms with Crippen LogP contribution in [0, 0.1) is 5.92 Å². The van der Waals surface area contributed by atoms with E-state index in [1.54, 1.807) is 6.92 Å². The first kappa shape index (κ1) is 16.8. The summed E-state index contributed by atoms with van der Waals surface area (Å²) in [5.74, 6) is -2.64. The average Bonchev–Trinajstić information content (AvgIpc) is 2.43. The summed E-state index contributed by atoms with van der Waals surface area (Å²) in [6.07, 6.45) is 0.518. The Bertz CT molecular complexity index is 514. The summed E-state index contributed by atoms with van der Waals surface area (Å²) in [6.45, 7) is 1.94. The largest absolute Gasteiger partial charge is 0.504 e. The number of aromatic hydroxyl groups is 2. The van der Waals surface area contributed by atoms with Crippen molar-refractivity contribution < 1.29 is 24.9 Å². The zero-order valence-corrected chi connectivity index (χ0v) is 11.7. The molecule has 0 aliphatic heterocycles. The van der Waals surface area contributed by atoms with Gasteiger partial charge >= 0.3 is 5.97 Å². The fourth-order valence-electron chi connectivity index (χ4n) is 1.88. The molecule has 21 heavy (non-hydrogen) atoms. The molecule has 0 spiro atoms. The van der Waals surface area contributed by atoms with Gasteiger partial charge in [0.1, 0.15) is 6.04 Å². The number of phenolic OH excluding ortho intramolecular Hbond substituents is 2. The number of hydrogen-bond acceptors (Lipinski definition) is 5. The number of phenols is 2. The van der Waals surface area contributed by atoms with E-state index < -0.39 is 23.8 Å². The summed E-state index contributed by atoms with van der Waals surface area (Å²) in [6, 6.07) is 2.89. The van der Waals surface area contributed by atoms with Crippen molar-refractivity contribution >= 4 is 11.9 Å². The highest BCUT2D eigenvalue weighted by Gasteiger charge is 2.24. The Labute approximate surface area is 122 Å². The molecule has 0 bridgehead atoms. The van der Waals surface area contributed by atoms with Crippen LogP contribution in [0.5, 0.6) is 11.5 Å². The quantitative estimate of drug-likeness (QED) is 0.456. The lowest BCUT2D eigenvalue weighted by Gasteiger charge is -2.18. The molecule has 116 valence electrons. The summed E-state index contributed by atoms with van der Waals surface area (Å²) in [5, 5.41) is 30.2. The summed E-state index contributed by atoms with van der Waals surface area (Å²) in [5.41, 5.74) is 5.94. The molecule has 1 aromatic carbocycles. The van der Waals surface area contributed by atoms with Crippen LogP contribution in [0.1, 0.15) is 18.9 Å². The van der Waals surface area contributed by atoms with E-state index in [4.69, 9.17) is 5.73 Å². The molecule has 7 heteroatoms. The zero-order valence-electron chi connectivity index (χ0n) is 11.7. The van der Waals surface area contributed by atoms with Crippen LogP contribution < -0.4 is 11.1 Å². The number of carbonyl (C=O) groups is 2. The Balaban J connectivity index is 2.80. The Morgan fingerprint density at radius 2 is 1.95 bits per heavy atom. The number of aliphatic carboxylic acids is 1. The van der Waals surface area contributed by atoms with Crippen molar-refractivity contribution in [2.75, 3.05) is 6.54 Å². The van der Waals surface area contributed by atoms with Crippen molar-refractivity contribution in [2.45, 2.75) is 25.8 Å². The summed E-state index contributed by atoms with van der Waals surface area (Å²) in [4.78, 5) is 23.1. The molecule has 0 saturated carbocycles.